The van der Waals surface area contributed by atoms with Gasteiger partial charge in [-0.15, -0.1) is 0 Å². The lowest BCUT2D eigenvalue weighted by atomic mass is 9.85. The molecule has 0 aliphatic rings. The summed E-state index contributed by atoms with van der Waals surface area (Å²) in [5.74, 6) is -1.17. The van der Waals surface area contributed by atoms with E-state index in [2.05, 4.69) is 0 Å². The average molecular weight is 279 g/mol. The predicted octanol–water partition coefficient (Wildman–Crippen LogP) is -1.75. The van der Waals surface area contributed by atoms with Gasteiger partial charge in [0.1, 0.15) is 18.3 Å². The zero-order chi connectivity index (χ0) is 15.1. The molecule has 0 saturated heterocycles. The van der Waals surface area contributed by atoms with E-state index in [4.69, 9.17) is 10.8 Å². The Bertz CT molecular complexity index is 275. The maximum atomic E-state index is 11.3. The fourth-order valence-electron chi connectivity index (χ4n) is 1.84. The molecule has 7 heteroatoms. The van der Waals surface area contributed by atoms with E-state index in [-0.39, 0.29) is 6.42 Å². The molecule has 0 rings (SSSR count). The first-order valence-electron chi connectivity index (χ1n) is 6.48. The van der Waals surface area contributed by atoms with E-state index in [9.17, 15) is 25.2 Å². The van der Waals surface area contributed by atoms with Gasteiger partial charge >= 0.3 is 0 Å². The van der Waals surface area contributed by atoms with Crippen LogP contribution < -0.4 is 5.73 Å². The molecule has 7 nitrogen and oxygen atoms in total. The minimum Gasteiger partial charge on any atom is -0.394 e. The Balaban J connectivity index is 4.72. The lowest BCUT2D eigenvalue weighted by Gasteiger charge is -2.34. The van der Waals surface area contributed by atoms with E-state index in [0.29, 0.717) is 6.42 Å². The number of unbranched alkanes of at least 4 members (excludes halogenated alkanes) is 3. The highest BCUT2D eigenvalue weighted by molar-refractivity contribution is 5.84. The molecular formula is C12H25NO6. The predicted molar refractivity (Wildman–Crippen MR) is 68.0 cm³/mol. The number of primary amides is 1. The van der Waals surface area contributed by atoms with Crippen molar-refractivity contribution in [1.29, 1.82) is 0 Å². The number of aliphatic hydroxyl groups excluding tert-OH is 4. The van der Waals surface area contributed by atoms with Crippen LogP contribution in [0.5, 0.6) is 0 Å². The molecule has 0 aliphatic carbocycles. The minimum absolute atomic E-state index is 0.112. The molecule has 0 fully saturated rings. The second-order valence-electron chi connectivity index (χ2n) is 4.78. The standard InChI is InChI=1S/C12H25NO6/c1-2-3-4-5-6-12(19,11(13)18)10(17)9(16)8(15)7-14/h8-10,14-17,19H,2-7H2,1H3,(H2,13,18)/t8-,9-,10+,12-/m1/s1. The fourth-order valence-corrected chi connectivity index (χ4v) is 1.84. The van der Waals surface area contributed by atoms with Crippen molar-refractivity contribution in [3.8, 4) is 0 Å². The molecule has 7 N–H and O–H groups in total. The third-order valence-corrected chi connectivity index (χ3v) is 3.23. The number of amides is 1. The van der Waals surface area contributed by atoms with Crippen LogP contribution in [0.4, 0.5) is 0 Å². The Hall–Kier alpha value is -0.730. The van der Waals surface area contributed by atoms with E-state index in [1.165, 1.54) is 0 Å². The zero-order valence-electron chi connectivity index (χ0n) is 11.2. The van der Waals surface area contributed by atoms with Gasteiger partial charge in [-0.2, -0.15) is 0 Å². The van der Waals surface area contributed by atoms with Gasteiger partial charge in [0.05, 0.1) is 6.61 Å². The summed E-state index contributed by atoms with van der Waals surface area (Å²) >= 11 is 0. The molecule has 4 atom stereocenters. The van der Waals surface area contributed by atoms with Crippen molar-refractivity contribution in [3.63, 3.8) is 0 Å². The Morgan fingerprint density at radius 2 is 1.79 bits per heavy atom. The van der Waals surface area contributed by atoms with Crippen LogP contribution in [0.2, 0.25) is 0 Å². The first kappa shape index (κ1) is 18.3. The van der Waals surface area contributed by atoms with Gasteiger partial charge in [0.2, 0.25) is 0 Å². The van der Waals surface area contributed by atoms with Crippen LogP contribution in [-0.4, -0.2) is 62.0 Å². The van der Waals surface area contributed by atoms with Crippen molar-refractivity contribution in [2.24, 2.45) is 5.73 Å². The second kappa shape index (κ2) is 8.44. The highest BCUT2D eigenvalue weighted by Crippen LogP contribution is 2.23. The van der Waals surface area contributed by atoms with E-state index in [1.807, 2.05) is 6.92 Å². The number of carbonyl (C=O) groups is 1. The third-order valence-electron chi connectivity index (χ3n) is 3.23. The molecule has 0 spiro atoms. The van der Waals surface area contributed by atoms with Gasteiger partial charge in [-0.05, 0) is 12.8 Å². The number of aliphatic hydroxyl groups is 5. The summed E-state index contributed by atoms with van der Waals surface area (Å²) in [5, 5.41) is 47.3. The summed E-state index contributed by atoms with van der Waals surface area (Å²) < 4.78 is 0. The molecule has 0 aromatic rings. The molecule has 0 aromatic heterocycles. The Morgan fingerprint density at radius 1 is 1.21 bits per heavy atom. The van der Waals surface area contributed by atoms with E-state index >= 15 is 0 Å². The van der Waals surface area contributed by atoms with Crippen molar-refractivity contribution in [1.82, 2.24) is 0 Å². The van der Waals surface area contributed by atoms with E-state index in [1.54, 1.807) is 0 Å². The summed E-state index contributed by atoms with van der Waals surface area (Å²) in [6.07, 6.45) is -2.50. The Kier molecular flexibility index (Phi) is 8.12. The number of hydrogen-bond acceptors (Lipinski definition) is 6. The summed E-state index contributed by atoms with van der Waals surface area (Å²) in [4.78, 5) is 11.3. The van der Waals surface area contributed by atoms with Crippen LogP contribution in [0.15, 0.2) is 0 Å². The molecule has 19 heavy (non-hydrogen) atoms. The lowest BCUT2D eigenvalue weighted by Crippen LogP contribution is -2.60. The van der Waals surface area contributed by atoms with Crippen molar-refractivity contribution in [2.75, 3.05) is 6.61 Å². The lowest BCUT2D eigenvalue weighted by molar-refractivity contribution is -0.175. The maximum Gasteiger partial charge on any atom is 0.252 e. The molecule has 0 heterocycles. The van der Waals surface area contributed by atoms with Gasteiger partial charge in [0.25, 0.3) is 5.91 Å². The molecule has 0 saturated carbocycles. The third kappa shape index (κ3) is 5.04. The summed E-state index contributed by atoms with van der Waals surface area (Å²) in [6.45, 7) is 1.19. The molecule has 0 aliphatic heterocycles. The smallest absolute Gasteiger partial charge is 0.252 e. The van der Waals surface area contributed by atoms with Crippen LogP contribution in [0, 0.1) is 0 Å². The largest absolute Gasteiger partial charge is 0.394 e. The van der Waals surface area contributed by atoms with Crippen LogP contribution >= 0.6 is 0 Å². The molecular weight excluding hydrogens is 254 g/mol. The Morgan fingerprint density at radius 3 is 2.21 bits per heavy atom. The number of hydrogen-bond donors (Lipinski definition) is 6. The van der Waals surface area contributed by atoms with Gasteiger partial charge in [0.15, 0.2) is 5.60 Å². The fraction of sp³-hybridized carbons (Fsp3) is 0.917. The second-order valence-corrected chi connectivity index (χ2v) is 4.78. The van der Waals surface area contributed by atoms with E-state index < -0.39 is 36.4 Å². The number of nitrogens with two attached hydrogens (primary N) is 1. The maximum absolute atomic E-state index is 11.3. The number of rotatable bonds is 10. The summed E-state index contributed by atoms with van der Waals surface area (Å²) in [7, 11) is 0. The topological polar surface area (TPSA) is 144 Å². The highest BCUT2D eigenvalue weighted by atomic mass is 16.4. The van der Waals surface area contributed by atoms with E-state index in [0.717, 1.165) is 19.3 Å². The normalized spacial score (nSPS) is 19.5. The average Bonchev–Trinajstić information content (AvgIpc) is 2.40. The van der Waals surface area contributed by atoms with Crippen molar-refractivity contribution in [3.05, 3.63) is 0 Å². The van der Waals surface area contributed by atoms with Crippen molar-refractivity contribution < 1.29 is 30.3 Å². The number of carbonyl (C=O) groups excluding carboxylic acids is 1. The molecule has 0 aromatic carbocycles. The molecule has 114 valence electrons. The van der Waals surface area contributed by atoms with Gasteiger partial charge in [-0.3, -0.25) is 4.79 Å². The first-order valence-corrected chi connectivity index (χ1v) is 6.48. The monoisotopic (exact) mass is 279 g/mol. The quantitative estimate of drug-likeness (QED) is 0.262. The van der Waals surface area contributed by atoms with Gasteiger partial charge in [-0.25, -0.2) is 0 Å². The van der Waals surface area contributed by atoms with Crippen LogP contribution in [0.1, 0.15) is 39.0 Å². The molecule has 0 bridgehead atoms. The molecule has 0 unspecified atom stereocenters. The summed E-state index contributed by atoms with van der Waals surface area (Å²) in [6, 6.07) is 0. The van der Waals surface area contributed by atoms with Gasteiger partial charge in [0, 0.05) is 0 Å². The molecule has 0 radical (unpaired) electrons. The SMILES string of the molecule is CCCCCC[C@](O)(C(N)=O)[C@@H](O)[C@H](O)[C@H](O)CO. The Labute approximate surface area is 112 Å². The van der Waals surface area contributed by atoms with Gasteiger partial charge < -0.3 is 31.3 Å². The van der Waals surface area contributed by atoms with Crippen LogP contribution in [0.3, 0.4) is 0 Å². The van der Waals surface area contributed by atoms with Gasteiger partial charge in [-0.1, -0.05) is 26.2 Å². The van der Waals surface area contributed by atoms with Crippen molar-refractivity contribution in [2.45, 2.75) is 62.9 Å². The van der Waals surface area contributed by atoms with Crippen LogP contribution in [0.25, 0.3) is 0 Å². The first-order chi connectivity index (χ1) is 8.81. The highest BCUT2D eigenvalue weighted by Gasteiger charge is 2.46. The minimum atomic E-state index is -2.32. The summed E-state index contributed by atoms with van der Waals surface area (Å²) in [5.41, 5.74) is 2.75. The molecule has 1 amide bonds. The van der Waals surface area contributed by atoms with Crippen LogP contribution in [-0.2, 0) is 4.79 Å². The van der Waals surface area contributed by atoms with Crippen molar-refractivity contribution >= 4 is 5.91 Å². The zero-order valence-corrected chi connectivity index (χ0v) is 11.2.